The number of nitrogens with zero attached hydrogens (tertiary/aromatic N) is 2. The van der Waals surface area contributed by atoms with E-state index in [1.807, 2.05) is 0 Å². The van der Waals surface area contributed by atoms with Crippen molar-refractivity contribution in [1.82, 2.24) is 9.97 Å². The molecule has 2 aromatic rings. The number of rotatable bonds is 4. The van der Waals surface area contributed by atoms with Crippen molar-refractivity contribution in [3.8, 4) is 11.4 Å². The van der Waals surface area contributed by atoms with Gasteiger partial charge in [-0.3, -0.25) is 0 Å². The summed E-state index contributed by atoms with van der Waals surface area (Å²) in [5.41, 5.74) is 1.53. The first kappa shape index (κ1) is 15.6. The quantitative estimate of drug-likeness (QED) is 0.717. The lowest BCUT2D eigenvalue weighted by Crippen LogP contribution is -2.06. The van der Waals surface area contributed by atoms with Crippen LogP contribution in [0.1, 0.15) is 5.69 Å². The van der Waals surface area contributed by atoms with E-state index >= 15 is 0 Å². The molecule has 0 aliphatic carbocycles. The Morgan fingerprint density at radius 2 is 2.15 bits per heavy atom. The van der Waals surface area contributed by atoms with Crippen LogP contribution in [0.25, 0.3) is 11.4 Å². The van der Waals surface area contributed by atoms with Gasteiger partial charge in [0.1, 0.15) is 11.6 Å². The highest BCUT2D eigenvalue weighted by atomic mass is 127. The fourth-order valence-corrected chi connectivity index (χ4v) is 2.70. The van der Waals surface area contributed by atoms with Crippen molar-refractivity contribution in [3.63, 3.8) is 0 Å². The maximum atomic E-state index is 13.3. The van der Waals surface area contributed by atoms with Gasteiger partial charge in [0.15, 0.2) is 5.82 Å². The van der Waals surface area contributed by atoms with E-state index in [0.29, 0.717) is 16.9 Å². The van der Waals surface area contributed by atoms with Gasteiger partial charge in [-0.15, -0.1) is 0 Å². The minimum Gasteiger partial charge on any atom is -0.378 e. The van der Waals surface area contributed by atoms with Crippen LogP contribution in [-0.4, -0.2) is 24.1 Å². The number of anilines is 1. The number of hydrogen-bond donors (Lipinski definition) is 1. The summed E-state index contributed by atoms with van der Waals surface area (Å²) in [7, 11) is 3.41. The van der Waals surface area contributed by atoms with Crippen LogP contribution in [0.3, 0.4) is 0 Å². The van der Waals surface area contributed by atoms with Crippen LogP contribution in [0, 0.1) is 9.39 Å². The highest BCUT2D eigenvalue weighted by molar-refractivity contribution is 14.1. The normalized spacial score (nSPS) is 10.7. The SMILES string of the molecule is CNc1nc(-c2ccc(F)c(Br)c2)nc(COC)c1I. The maximum absolute atomic E-state index is 13.3. The van der Waals surface area contributed by atoms with Crippen molar-refractivity contribution in [1.29, 1.82) is 0 Å². The molecule has 0 saturated heterocycles. The maximum Gasteiger partial charge on any atom is 0.161 e. The molecule has 0 saturated carbocycles. The Morgan fingerprint density at radius 3 is 2.75 bits per heavy atom. The Bertz CT molecular complexity index is 639. The first-order valence-corrected chi connectivity index (χ1v) is 7.62. The summed E-state index contributed by atoms with van der Waals surface area (Å²) >= 11 is 5.35. The van der Waals surface area contributed by atoms with Crippen molar-refractivity contribution in [2.24, 2.45) is 0 Å². The first-order chi connectivity index (χ1) is 9.56. The van der Waals surface area contributed by atoms with Crippen LogP contribution in [0.4, 0.5) is 10.2 Å². The molecule has 0 radical (unpaired) electrons. The van der Waals surface area contributed by atoms with Crippen LogP contribution in [0.15, 0.2) is 22.7 Å². The summed E-state index contributed by atoms with van der Waals surface area (Å²) < 4.78 is 19.8. The van der Waals surface area contributed by atoms with Gasteiger partial charge in [-0.1, -0.05) is 0 Å². The third-order valence-corrected chi connectivity index (χ3v) is 4.36. The third kappa shape index (κ3) is 3.26. The van der Waals surface area contributed by atoms with E-state index in [0.717, 1.165) is 20.6 Å². The molecule has 0 aliphatic heterocycles. The highest BCUT2D eigenvalue weighted by Gasteiger charge is 2.13. The molecule has 0 amide bonds. The average Bonchev–Trinajstić information content (AvgIpc) is 2.44. The molecule has 0 bridgehead atoms. The van der Waals surface area contributed by atoms with E-state index in [4.69, 9.17) is 4.74 Å². The second-order valence-corrected chi connectivity index (χ2v) is 5.90. The largest absolute Gasteiger partial charge is 0.378 e. The van der Waals surface area contributed by atoms with Crippen LogP contribution in [0.2, 0.25) is 0 Å². The lowest BCUT2D eigenvalue weighted by Gasteiger charge is -2.11. The summed E-state index contributed by atoms with van der Waals surface area (Å²) in [4.78, 5) is 8.93. The zero-order chi connectivity index (χ0) is 14.7. The monoisotopic (exact) mass is 451 g/mol. The number of methoxy groups -OCH3 is 1. The predicted molar refractivity (Wildman–Crippen MR) is 88.1 cm³/mol. The second kappa shape index (κ2) is 6.77. The van der Waals surface area contributed by atoms with E-state index in [2.05, 4.69) is 53.8 Å². The molecular formula is C13H12BrFIN3O. The number of aromatic nitrogens is 2. The Labute approximate surface area is 138 Å². The molecular weight excluding hydrogens is 440 g/mol. The molecule has 0 atom stereocenters. The third-order valence-electron chi connectivity index (χ3n) is 2.62. The van der Waals surface area contributed by atoms with Gasteiger partial charge >= 0.3 is 0 Å². The minimum atomic E-state index is -0.315. The van der Waals surface area contributed by atoms with Crippen molar-refractivity contribution in [2.75, 3.05) is 19.5 Å². The van der Waals surface area contributed by atoms with Crippen LogP contribution >= 0.6 is 38.5 Å². The van der Waals surface area contributed by atoms with Crippen LogP contribution in [0.5, 0.6) is 0 Å². The summed E-state index contributed by atoms with van der Waals surface area (Å²) in [6.45, 7) is 0.394. The summed E-state index contributed by atoms with van der Waals surface area (Å²) in [5.74, 6) is 0.941. The Hall–Kier alpha value is -0.800. The van der Waals surface area contributed by atoms with E-state index in [1.165, 1.54) is 6.07 Å². The topological polar surface area (TPSA) is 47.0 Å². The molecule has 0 unspecified atom stereocenters. The molecule has 1 N–H and O–H groups in total. The van der Waals surface area contributed by atoms with Crippen molar-refractivity contribution < 1.29 is 9.13 Å². The van der Waals surface area contributed by atoms with Crippen molar-refractivity contribution in [3.05, 3.63) is 37.8 Å². The lowest BCUT2D eigenvalue weighted by molar-refractivity contribution is 0.181. The number of hydrogen-bond acceptors (Lipinski definition) is 4. The van der Waals surface area contributed by atoms with Crippen molar-refractivity contribution >= 4 is 44.3 Å². The molecule has 0 aliphatic rings. The number of halogens is 3. The zero-order valence-electron chi connectivity index (χ0n) is 10.9. The second-order valence-electron chi connectivity index (χ2n) is 3.97. The summed E-state index contributed by atoms with van der Waals surface area (Å²) in [5, 5.41) is 3.03. The number of ether oxygens (including phenoxy) is 1. The number of benzene rings is 1. The smallest absolute Gasteiger partial charge is 0.161 e. The van der Waals surface area contributed by atoms with Gasteiger partial charge in [-0.05, 0) is 56.7 Å². The fraction of sp³-hybridized carbons (Fsp3) is 0.231. The van der Waals surface area contributed by atoms with E-state index in [-0.39, 0.29) is 5.82 Å². The Morgan fingerprint density at radius 1 is 1.40 bits per heavy atom. The average molecular weight is 452 g/mol. The van der Waals surface area contributed by atoms with E-state index in [1.54, 1.807) is 26.3 Å². The molecule has 1 aromatic carbocycles. The van der Waals surface area contributed by atoms with Gasteiger partial charge in [0.05, 0.1) is 20.3 Å². The standard InChI is InChI=1S/C13H12BrFIN3O/c1-17-13-11(16)10(6-20-2)18-12(19-13)7-3-4-9(15)8(14)5-7/h3-5H,6H2,1-2H3,(H,17,18,19). The predicted octanol–water partition coefficient (Wildman–Crippen LogP) is 3.84. The van der Waals surface area contributed by atoms with E-state index in [9.17, 15) is 4.39 Å². The van der Waals surface area contributed by atoms with Gasteiger partial charge in [0.2, 0.25) is 0 Å². The molecule has 20 heavy (non-hydrogen) atoms. The minimum absolute atomic E-state index is 0.315. The molecule has 1 heterocycles. The first-order valence-electron chi connectivity index (χ1n) is 5.75. The van der Waals surface area contributed by atoms with Gasteiger partial charge in [0.25, 0.3) is 0 Å². The van der Waals surface area contributed by atoms with Gasteiger partial charge in [0, 0.05) is 19.7 Å². The molecule has 0 spiro atoms. The molecule has 106 valence electrons. The molecule has 4 nitrogen and oxygen atoms in total. The van der Waals surface area contributed by atoms with Gasteiger partial charge in [-0.2, -0.15) is 0 Å². The van der Waals surface area contributed by atoms with Gasteiger partial charge in [-0.25, -0.2) is 14.4 Å². The summed E-state index contributed by atoms with van der Waals surface area (Å²) in [6.07, 6.45) is 0. The van der Waals surface area contributed by atoms with Crippen LogP contribution < -0.4 is 5.32 Å². The Balaban J connectivity index is 2.55. The van der Waals surface area contributed by atoms with E-state index < -0.39 is 0 Å². The molecule has 1 aromatic heterocycles. The van der Waals surface area contributed by atoms with Crippen molar-refractivity contribution in [2.45, 2.75) is 6.61 Å². The molecule has 0 fully saturated rings. The zero-order valence-corrected chi connectivity index (χ0v) is 14.6. The number of nitrogens with one attached hydrogen (secondary N) is 1. The molecule has 7 heteroatoms. The molecule has 2 rings (SSSR count). The highest BCUT2D eigenvalue weighted by Crippen LogP contribution is 2.27. The summed E-state index contributed by atoms with van der Waals surface area (Å²) in [6, 6.07) is 4.70. The lowest BCUT2D eigenvalue weighted by atomic mass is 10.2. The van der Waals surface area contributed by atoms with Gasteiger partial charge < -0.3 is 10.1 Å². The van der Waals surface area contributed by atoms with Crippen LogP contribution in [-0.2, 0) is 11.3 Å². The Kier molecular flexibility index (Phi) is 5.28. The fourth-order valence-electron chi connectivity index (χ4n) is 1.66.